The molecule has 2 saturated carbocycles. The Hall–Kier alpha value is -2.15. The van der Waals surface area contributed by atoms with Crippen molar-refractivity contribution in [1.29, 1.82) is 0 Å². The Balaban J connectivity index is 1.52. The number of fused-ring (bicyclic) bond motifs is 1. The maximum absolute atomic E-state index is 14.3. The van der Waals surface area contributed by atoms with Crippen molar-refractivity contribution in [3.63, 3.8) is 0 Å². The van der Waals surface area contributed by atoms with Crippen LogP contribution in [0.3, 0.4) is 0 Å². The second-order valence-corrected chi connectivity index (χ2v) is 19.7. The molecule has 0 spiro atoms. The van der Waals surface area contributed by atoms with Crippen molar-refractivity contribution in [3.8, 4) is 0 Å². The summed E-state index contributed by atoms with van der Waals surface area (Å²) >= 11 is 0. The molecule has 0 aromatic heterocycles. The van der Waals surface area contributed by atoms with E-state index in [4.69, 9.17) is 14.2 Å². The van der Waals surface area contributed by atoms with Crippen molar-refractivity contribution < 1.29 is 33.7 Å². The zero-order valence-corrected chi connectivity index (χ0v) is 34.7. The van der Waals surface area contributed by atoms with Gasteiger partial charge in [-0.2, -0.15) is 0 Å². The smallest absolute Gasteiger partial charge is 0.311 e. The van der Waals surface area contributed by atoms with Crippen molar-refractivity contribution in [3.05, 3.63) is 23.8 Å². The highest BCUT2D eigenvalue weighted by Crippen LogP contribution is 2.55. The van der Waals surface area contributed by atoms with Gasteiger partial charge in [-0.15, -0.1) is 0 Å². The van der Waals surface area contributed by atoms with E-state index in [9.17, 15) is 19.5 Å². The molecule has 53 heavy (non-hydrogen) atoms. The number of allylic oxidation sites excluding steroid dienone is 3. The maximum atomic E-state index is 14.3. The van der Waals surface area contributed by atoms with E-state index in [0.717, 1.165) is 12.8 Å². The third kappa shape index (κ3) is 10.6. The fourth-order valence-electron chi connectivity index (χ4n) is 11.6. The number of rotatable bonds is 13. The van der Waals surface area contributed by atoms with Gasteiger partial charge in [0.05, 0.1) is 24.5 Å². The summed E-state index contributed by atoms with van der Waals surface area (Å²) in [4.78, 5) is 38.2. The van der Waals surface area contributed by atoms with Crippen molar-refractivity contribution in [2.75, 3.05) is 6.61 Å². The minimum Gasteiger partial charge on any atom is -0.466 e. The van der Waals surface area contributed by atoms with Crippen LogP contribution in [0, 0.1) is 76.4 Å². The molecule has 1 aliphatic heterocycles. The van der Waals surface area contributed by atoms with Crippen LogP contribution in [0.2, 0.25) is 0 Å². The number of cyclic esters (lactones) is 1. The number of carbonyl (C=O) groups excluding carboxylic acids is 3. The molecule has 300 valence electrons. The maximum Gasteiger partial charge on any atom is 0.311 e. The fourth-order valence-corrected chi connectivity index (χ4v) is 11.6. The largest absolute Gasteiger partial charge is 0.466 e. The third-order valence-corrected chi connectivity index (χ3v) is 14.5. The van der Waals surface area contributed by atoms with E-state index < -0.39 is 11.5 Å². The van der Waals surface area contributed by atoms with E-state index in [-0.39, 0.29) is 48.4 Å². The van der Waals surface area contributed by atoms with Crippen molar-refractivity contribution >= 4 is 17.9 Å². The summed E-state index contributed by atoms with van der Waals surface area (Å²) in [6, 6.07) is 0. The molecule has 3 fully saturated rings. The van der Waals surface area contributed by atoms with Gasteiger partial charge in [0.1, 0.15) is 12.2 Å². The normalized spacial score (nSPS) is 37.8. The van der Waals surface area contributed by atoms with E-state index in [1.54, 1.807) is 0 Å². The first-order chi connectivity index (χ1) is 25.0. The van der Waals surface area contributed by atoms with Crippen LogP contribution in [-0.2, 0) is 28.6 Å². The molecule has 0 aromatic rings. The van der Waals surface area contributed by atoms with Gasteiger partial charge in [-0.1, -0.05) is 72.6 Å². The lowest BCUT2D eigenvalue weighted by Crippen LogP contribution is -2.48. The zero-order chi connectivity index (χ0) is 38.6. The Kier molecular flexibility index (Phi) is 14.4. The monoisotopic (exact) mass is 739 g/mol. The Bertz CT molecular complexity index is 1310. The van der Waals surface area contributed by atoms with Crippen LogP contribution in [-0.4, -0.2) is 47.9 Å². The summed E-state index contributed by atoms with van der Waals surface area (Å²) in [5, 5.41) is 10.5. The first kappa shape index (κ1) is 42.0. The summed E-state index contributed by atoms with van der Waals surface area (Å²) in [6.45, 7) is 20.0. The third-order valence-electron chi connectivity index (χ3n) is 14.5. The van der Waals surface area contributed by atoms with Gasteiger partial charge in [0.2, 0.25) is 0 Å². The number of hydrogen-bond donors (Lipinski definition) is 1. The summed E-state index contributed by atoms with van der Waals surface area (Å²) < 4.78 is 17.9. The Morgan fingerprint density at radius 1 is 0.925 bits per heavy atom. The van der Waals surface area contributed by atoms with Crippen LogP contribution in [0.5, 0.6) is 0 Å². The molecule has 5 rings (SSSR count). The number of esters is 3. The molecule has 0 radical (unpaired) electrons. The number of carbonyl (C=O) groups is 3. The number of aliphatic hydroxyl groups excluding tert-OH is 1. The van der Waals surface area contributed by atoms with Gasteiger partial charge in [0.15, 0.2) is 0 Å². The summed E-state index contributed by atoms with van der Waals surface area (Å²) in [6.07, 6.45) is 18.0. The van der Waals surface area contributed by atoms with Crippen LogP contribution in [0.25, 0.3) is 0 Å². The number of ether oxygens (including phenoxy) is 3. The molecule has 1 N–H and O–H groups in total. The van der Waals surface area contributed by atoms with Crippen LogP contribution < -0.4 is 0 Å². The number of hydrogen-bond acceptors (Lipinski definition) is 7. The summed E-state index contributed by atoms with van der Waals surface area (Å²) in [7, 11) is 0. The minimum atomic E-state index is -0.718. The Labute approximate surface area is 321 Å². The predicted octanol–water partition coefficient (Wildman–Crippen LogP) is 9.90. The molecule has 6 unspecified atom stereocenters. The lowest BCUT2D eigenvalue weighted by molar-refractivity contribution is -0.167. The molecule has 7 nitrogen and oxygen atoms in total. The molecule has 7 heteroatoms. The Morgan fingerprint density at radius 2 is 1.57 bits per heavy atom. The molecule has 0 amide bonds. The van der Waals surface area contributed by atoms with E-state index >= 15 is 0 Å². The second-order valence-electron chi connectivity index (χ2n) is 19.7. The van der Waals surface area contributed by atoms with Gasteiger partial charge in [-0.3, -0.25) is 14.4 Å². The van der Waals surface area contributed by atoms with E-state index in [2.05, 4.69) is 59.8 Å². The van der Waals surface area contributed by atoms with Crippen LogP contribution in [0.4, 0.5) is 0 Å². The van der Waals surface area contributed by atoms with Gasteiger partial charge in [-0.05, 0) is 142 Å². The van der Waals surface area contributed by atoms with Gasteiger partial charge in [-0.25, -0.2) is 0 Å². The highest BCUT2D eigenvalue weighted by Gasteiger charge is 2.50. The Morgan fingerprint density at radius 3 is 2.19 bits per heavy atom. The average Bonchev–Trinajstić information content (AvgIpc) is 3.08. The van der Waals surface area contributed by atoms with Crippen molar-refractivity contribution in [2.24, 2.45) is 76.4 Å². The first-order valence-electron chi connectivity index (χ1n) is 21.7. The van der Waals surface area contributed by atoms with Gasteiger partial charge in [0.25, 0.3) is 0 Å². The number of aliphatic hydroxyl groups is 1. The molecular formula is C46H74O7. The van der Waals surface area contributed by atoms with E-state index in [0.29, 0.717) is 91.5 Å². The predicted molar refractivity (Wildman–Crippen MR) is 209 cm³/mol. The van der Waals surface area contributed by atoms with Crippen LogP contribution >= 0.6 is 0 Å². The molecule has 1 saturated heterocycles. The summed E-state index contributed by atoms with van der Waals surface area (Å²) in [5.74, 6) is 5.15. The van der Waals surface area contributed by atoms with Gasteiger partial charge < -0.3 is 19.3 Å². The van der Waals surface area contributed by atoms with Crippen molar-refractivity contribution in [2.45, 2.75) is 164 Å². The molecule has 13 atom stereocenters. The molecule has 0 aromatic carbocycles. The topological polar surface area (TPSA) is 99.1 Å². The van der Waals surface area contributed by atoms with Crippen LogP contribution in [0.1, 0.15) is 146 Å². The molecule has 1 heterocycles. The molecular weight excluding hydrogens is 664 g/mol. The molecule has 5 aliphatic rings. The van der Waals surface area contributed by atoms with Gasteiger partial charge in [0, 0.05) is 19.3 Å². The van der Waals surface area contributed by atoms with Crippen LogP contribution in [0.15, 0.2) is 23.8 Å². The lowest BCUT2D eigenvalue weighted by atomic mass is 9.55. The summed E-state index contributed by atoms with van der Waals surface area (Å²) in [5.41, 5.74) is 0.615. The highest BCUT2D eigenvalue weighted by molar-refractivity contribution is 5.76. The quantitative estimate of drug-likeness (QED) is 0.114. The fraction of sp³-hybridized carbons (Fsp3) is 0.848. The van der Waals surface area contributed by atoms with Crippen molar-refractivity contribution in [1.82, 2.24) is 0 Å². The first-order valence-corrected chi connectivity index (χ1v) is 21.7. The van der Waals surface area contributed by atoms with Gasteiger partial charge >= 0.3 is 17.9 Å². The molecule has 4 aliphatic carbocycles. The molecule has 0 bridgehead atoms. The lowest BCUT2D eigenvalue weighted by Gasteiger charge is -2.51. The van der Waals surface area contributed by atoms with E-state index in [1.807, 2.05) is 13.8 Å². The second kappa shape index (κ2) is 18.2. The standard InChI is InChI=1S/C46H74O7/c1-27(2)36-15-11-29(5)21-40(36)33-23-32-13-17-38(41-22-30(6)12-16-37(41)28(3)4)39(18-14-35-25-34(48)26-43(49)52-35)44(32)42(24-33)53-45(50)46(8,9)19-10-20-51-31(7)47/h13,17,23,27-30,33-42,44,48H,10-12,14-16,18-22,24-26H2,1-9H3/t29?,30?,33-,34-,35-,36?,37?,38-,39+,40?,41?,42+,44+/m1/s1. The SMILES string of the molecule is CC(=O)OCCCC(C)(C)C(=O)O[C@H]1C[C@H](C2CC(C)CCC2C(C)C)C=C2C=C[C@@H](C3CC(C)CCC3C(C)C)[C@H](CC[C@@H]3C[C@@H](O)CC(=O)O3)[C@H]21. The highest BCUT2D eigenvalue weighted by atomic mass is 16.6. The minimum absolute atomic E-state index is 0.0646. The zero-order valence-electron chi connectivity index (χ0n) is 34.7. The van der Waals surface area contributed by atoms with E-state index in [1.165, 1.54) is 51.0 Å². The average molecular weight is 739 g/mol.